The number of fused-ring (bicyclic) bond motifs is 1. The van der Waals surface area contributed by atoms with E-state index < -0.39 is 22.2 Å². The summed E-state index contributed by atoms with van der Waals surface area (Å²) >= 11 is 0. The molecule has 1 amide bonds. The fourth-order valence-electron chi connectivity index (χ4n) is 4.68. The Kier molecular flexibility index (Phi) is 9.02. The normalized spacial score (nSPS) is 18.5. The van der Waals surface area contributed by atoms with Crippen molar-refractivity contribution >= 4 is 21.6 Å². The van der Waals surface area contributed by atoms with Crippen LogP contribution < -0.4 is 14.2 Å². The monoisotopic (exact) mass is 571 g/mol. The van der Waals surface area contributed by atoms with E-state index in [4.69, 9.17) is 9.47 Å². The number of nitrogens with one attached hydrogen (secondary N) is 1. The average Bonchev–Trinajstić information content (AvgIpc) is 3.38. The molecular formula is C28H37N5O6S. The molecule has 0 saturated heterocycles. The lowest BCUT2D eigenvalue weighted by Crippen LogP contribution is -2.49. The number of aryl methyl sites for hydroxylation is 1. The molecule has 4 rings (SSSR count). The maximum absolute atomic E-state index is 13.7. The molecule has 11 nitrogen and oxygen atoms in total. The van der Waals surface area contributed by atoms with Gasteiger partial charge in [-0.3, -0.25) is 14.4 Å². The minimum absolute atomic E-state index is 0.134. The summed E-state index contributed by atoms with van der Waals surface area (Å²) in [4.78, 5) is 21.4. The minimum atomic E-state index is -4.05. The number of methoxy groups -OCH3 is 1. The van der Waals surface area contributed by atoms with Gasteiger partial charge in [-0.05, 0) is 43.8 Å². The number of likely N-dealkylation sites (N-methyl/N-ethyl adjacent to an activating group) is 1. The van der Waals surface area contributed by atoms with E-state index in [1.807, 2.05) is 38.2 Å². The molecule has 0 radical (unpaired) electrons. The summed E-state index contributed by atoms with van der Waals surface area (Å²) in [7, 11) is 1.24. The number of rotatable bonds is 10. The van der Waals surface area contributed by atoms with Crippen LogP contribution in [0.1, 0.15) is 29.8 Å². The van der Waals surface area contributed by atoms with E-state index >= 15 is 0 Å². The van der Waals surface area contributed by atoms with Crippen LogP contribution in [0.25, 0.3) is 0 Å². The summed E-state index contributed by atoms with van der Waals surface area (Å²) in [5.74, 6) is 0.456. The molecule has 0 saturated carbocycles. The van der Waals surface area contributed by atoms with Crippen molar-refractivity contribution in [2.45, 2.75) is 37.6 Å². The highest BCUT2D eigenvalue weighted by Crippen LogP contribution is 2.36. The van der Waals surface area contributed by atoms with Gasteiger partial charge in [0.05, 0.1) is 37.3 Å². The molecule has 2 aromatic carbocycles. The van der Waals surface area contributed by atoms with Crippen molar-refractivity contribution in [1.82, 2.24) is 19.4 Å². The highest BCUT2D eigenvalue weighted by molar-refractivity contribution is 7.92. The van der Waals surface area contributed by atoms with E-state index in [1.54, 1.807) is 44.2 Å². The number of aliphatic hydroxyl groups excluding tert-OH is 1. The van der Waals surface area contributed by atoms with Gasteiger partial charge in [0.2, 0.25) is 0 Å². The van der Waals surface area contributed by atoms with Crippen LogP contribution >= 0.6 is 0 Å². The Labute approximate surface area is 235 Å². The molecule has 40 heavy (non-hydrogen) atoms. The number of hydrogen-bond donors (Lipinski definition) is 2. The number of hydrogen-bond acceptors (Lipinski definition) is 8. The molecule has 0 bridgehead atoms. The molecule has 3 atom stereocenters. The number of para-hydroxylation sites is 1. The average molecular weight is 572 g/mol. The van der Waals surface area contributed by atoms with E-state index in [9.17, 15) is 18.3 Å². The van der Waals surface area contributed by atoms with Gasteiger partial charge in [0.25, 0.3) is 15.9 Å². The van der Waals surface area contributed by atoms with Crippen LogP contribution in [0.3, 0.4) is 0 Å². The maximum atomic E-state index is 13.7. The number of carbonyl (C=O) groups excluding carboxylic acids is 1. The molecule has 2 N–H and O–H groups in total. The summed E-state index contributed by atoms with van der Waals surface area (Å²) < 4.78 is 42.2. The standard InChI is InChI=1S/C28H37N5O6S/c1-19-13-33(20(2)17-34)28(35)23-7-6-8-24(30-40(36,37)26-16-32(4)18-29-26)27(23)39-25(19)15-31(3)14-21-9-11-22(38-5)12-10-21/h6-12,16,18-20,25,30,34H,13-15,17H2,1-5H3/t19-,20+,25-/m1/s1. The van der Waals surface area contributed by atoms with E-state index in [0.29, 0.717) is 19.6 Å². The first-order valence-electron chi connectivity index (χ1n) is 13.1. The number of sulfonamides is 1. The fraction of sp³-hybridized carbons (Fsp3) is 0.429. The molecule has 0 fully saturated rings. The number of aliphatic hydroxyl groups is 1. The highest BCUT2D eigenvalue weighted by atomic mass is 32.2. The lowest BCUT2D eigenvalue weighted by molar-refractivity contribution is 0.0344. The number of amides is 1. The van der Waals surface area contributed by atoms with Crippen molar-refractivity contribution in [3.8, 4) is 11.5 Å². The topological polar surface area (TPSA) is 126 Å². The van der Waals surface area contributed by atoms with Crippen molar-refractivity contribution in [2.75, 3.05) is 38.6 Å². The van der Waals surface area contributed by atoms with Crippen LogP contribution in [0, 0.1) is 5.92 Å². The molecule has 0 unspecified atom stereocenters. The molecule has 216 valence electrons. The molecule has 0 aliphatic carbocycles. The van der Waals surface area contributed by atoms with Gasteiger partial charge in [0.1, 0.15) is 11.9 Å². The third-order valence-corrected chi connectivity index (χ3v) is 8.25. The predicted molar refractivity (Wildman–Crippen MR) is 151 cm³/mol. The van der Waals surface area contributed by atoms with Crippen molar-refractivity contribution < 1.29 is 27.8 Å². The second-order valence-corrected chi connectivity index (χ2v) is 12.0. The molecule has 1 aromatic heterocycles. The fourth-order valence-corrected chi connectivity index (χ4v) is 5.73. The number of aromatic nitrogens is 2. The van der Waals surface area contributed by atoms with E-state index in [2.05, 4.69) is 14.6 Å². The Hall–Kier alpha value is -3.61. The van der Waals surface area contributed by atoms with Gasteiger partial charge in [-0.1, -0.05) is 25.1 Å². The number of ether oxygens (including phenoxy) is 2. The van der Waals surface area contributed by atoms with E-state index in [0.717, 1.165) is 11.3 Å². The van der Waals surface area contributed by atoms with Crippen LogP contribution in [0.5, 0.6) is 11.5 Å². The van der Waals surface area contributed by atoms with Crippen LogP contribution in [0.4, 0.5) is 5.69 Å². The zero-order chi connectivity index (χ0) is 29.0. The lowest BCUT2D eigenvalue weighted by atomic mass is 9.99. The van der Waals surface area contributed by atoms with Crippen molar-refractivity contribution in [3.63, 3.8) is 0 Å². The quantitative estimate of drug-likeness (QED) is 0.380. The Morgan fingerprint density at radius 1 is 1.25 bits per heavy atom. The van der Waals surface area contributed by atoms with Gasteiger partial charge >= 0.3 is 0 Å². The smallest absolute Gasteiger partial charge is 0.281 e. The van der Waals surface area contributed by atoms with Crippen LogP contribution in [-0.4, -0.2) is 84.8 Å². The Morgan fingerprint density at radius 2 is 1.98 bits per heavy atom. The Bertz CT molecular complexity index is 1430. The van der Waals surface area contributed by atoms with Gasteiger partial charge in [-0.25, -0.2) is 4.98 Å². The Balaban J connectivity index is 1.68. The SMILES string of the molecule is COc1ccc(CN(C)C[C@H]2Oc3c(NS(=O)(=O)c4cn(C)cn4)cccc3C(=O)N([C@@H](C)CO)C[C@H]2C)cc1. The molecule has 2 heterocycles. The van der Waals surface area contributed by atoms with Crippen molar-refractivity contribution in [1.29, 1.82) is 0 Å². The van der Waals surface area contributed by atoms with E-state index in [-0.39, 0.29) is 40.5 Å². The van der Waals surface area contributed by atoms with Crippen molar-refractivity contribution in [2.24, 2.45) is 13.0 Å². The summed E-state index contributed by atoms with van der Waals surface area (Å²) in [6.07, 6.45) is 2.39. The molecular weight excluding hydrogens is 534 g/mol. The third-order valence-electron chi connectivity index (χ3n) is 7.00. The largest absolute Gasteiger partial charge is 0.497 e. The van der Waals surface area contributed by atoms with E-state index in [1.165, 1.54) is 17.1 Å². The number of carbonyl (C=O) groups is 1. The zero-order valence-electron chi connectivity index (χ0n) is 23.4. The second-order valence-electron chi connectivity index (χ2n) is 10.3. The number of benzene rings is 2. The third kappa shape index (κ3) is 6.57. The number of nitrogens with zero attached hydrogens (tertiary/aromatic N) is 4. The number of imidazole rings is 1. The van der Waals surface area contributed by atoms with Gasteiger partial charge in [0, 0.05) is 38.8 Å². The first kappa shape index (κ1) is 29.4. The van der Waals surface area contributed by atoms with Crippen molar-refractivity contribution in [3.05, 3.63) is 66.1 Å². The first-order chi connectivity index (χ1) is 19.0. The predicted octanol–water partition coefficient (Wildman–Crippen LogP) is 2.58. The lowest BCUT2D eigenvalue weighted by Gasteiger charge is -2.38. The van der Waals surface area contributed by atoms with Gasteiger partial charge < -0.3 is 24.0 Å². The van der Waals surface area contributed by atoms with Gasteiger partial charge in [-0.15, -0.1) is 0 Å². The summed E-state index contributed by atoms with van der Waals surface area (Å²) in [5, 5.41) is 9.76. The van der Waals surface area contributed by atoms with Crippen LogP contribution in [0.15, 0.2) is 60.0 Å². The molecule has 1 aliphatic rings. The molecule has 1 aliphatic heterocycles. The van der Waals surface area contributed by atoms with Gasteiger partial charge in [0.15, 0.2) is 10.8 Å². The van der Waals surface area contributed by atoms with Crippen LogP contribution in [-0.2, 0) is 23.6 Å². The zero-order valence-corrected chi connectivity index (χ0v) is 24.3. The van der Waals surface area contributed by atoms with Gasteiger partial charge in [-0.2, -0.15) is 8.42 Å². The molecule has 0 spiro atoms. The number of anilines is 1. The molecule has 3 aromatic rings. The summed E-state index contributed by atoms with van der Waals surface area (Å²) in [6, 6.07) is 12.2. The van der Waals surface area contributed by atoms with Crippen LogP contribution in [0.2, 0.25) is 0 Å². The summed E-state index contributed by atoms with van der Waals surface area (Å²) in [6.45, 7) is 5.08. The first-order valence-corrected chi connectivity index (χ1v) is 14.5. The second kappa shape index (κ2) is 12.3. The Morgan fingerprint density at radius 3 is 2.60 bits per heavy atom. The molecule has 12 heteroatoms. The maximum Gasteiger partial charge on any atom is 0.281 e. The highest BCUT2D eigenvalue weighted by Gasteiger charge is 2.35. The summed E-state index contributed by atoms with van der Waals surface area (Å²) in [5.41, 5.74) is 1.46. The minimum Gasteiger partial charge on any atom is -0.497 e.